The minimum Gasteiger partial charge on any atom is -0.457 e. The molecule has 0 unspecified atom stereocenters. The molecule has 8 atom stereocenters. The van der Waals surface area contributed by atoms with Gasteiger partial charge < -0.3 is 24.8 Å². The number of ether oxygens (including phenoxy) is 2. The normalized spacial score (nSPS) is 51.6. The van der Waals surface area contributed by atoms with Crippen molar-refractivity contribution in [3.8, 4) is 0 Å². The van der Waals surface area contributed by atoms with Gasteiger partial charge in [-0.1, -0.05) is 26.8 Å². The van der Waals surface area contributed by atoms with Crippen LogP contribution in [0.3, 0.4) is 0 Å². The number of aliphatic hydroxyl groups excluding tert-OH is 2. The molecule has 0 bridgehead atoms. The molecule has 3 fully saturated rings. The molecule has 0 radical (unpaired) electrons. The van der Waals surface area contributed by atoms with E-state index in [0.717, 1.165) is 0 Å². The highest BCUT2D eigenvalue weighted by atomic mass is 16.6. The zero-order valence-corrected chi connectivity index (χ0v) is 18.2. The molecule has 0 aromatic carbocycles. The van der Waals surface area contributed by atoms with Crippen molar-refractivity contribution in [2.24, 2.45) is 16.7 Å². The van der Waals surface area contributed by atoms with E-state index in [1.54, 1.807) is 13.8 Å². The standard InChI is InChI=1S/C22H34O7/c1-8-19(5)11-14(25)22(27)20(6)13(24)9-10-18(3,4)16(20)15(26)17(28-12(2)23)21(22,7)29-19/h8,13,15-17,24,26-27H,1,9-11H2,2-7H3/t13-,15+,16+,17+,19+,20-,21+,22+/m0/s1. The summed E-state index contributed by atoms with van der Waals surface area (Å²) in [5, 5.41) is 34.7. The number of carbonyl (C=O) groups excluding carboxylic acids is 2. The Balaban J connectivity index is 2.33. The lowest BCUT2D eigenvalue weighted by Crippen LogP contribution is -2.86. The summed E-state index contributed by atoms with van der Waals surface area (Å²) in [5.74, 6) is -1.87. The number of rotatable bonds is 2. The summed E-state index contributed by atoms with van der Waals surface area (Å²) in [4.78, 5) is 25.5. The molecular formula is C22H34O7. The predicted molar refractivity (Wildman–Crippen MR) is 105 cm³/mol. The average molecular weight is 411 g/mol. The van der Waals surface area contributed by atoms with Crippen LogP contribution in [-0.4, -0.2) is 62.2 Å². The highest BCUT2D eigenvalue weighted by Gasteiger charge is 2.81. The van der Waals surface area contributed by atoms with Crippen molar-refractivity contribution in [2.45, 2.75) is 95.9 Å². The van der Waals surface area contributed by atoms with Crippen LogP contribution in [0.2, 0.25) is 0 Å². The van der Waals surface area contributed by atoms with Crippen LogP contribution in [0.25, 0.3) is 0 Å². The van der Waals surface area contributed by atoms with Gasteiger partial charge in [0.2, 0.25) is 0 Å². The van der Waals surface area contributed by atoms with Gasteiger partial charge in [-0.05, 0) is 32.1 Å². The van der Waals surface area contributed by atoms with Gasteiger partial charge in [0.25, 0.3) is 0 Å². The number of hydrogen-bond acceptors (Lipinski definition) is 7. The largest absolute Gasteiger partial charge is 0.457 e. The SMILES string of the molecule is C=C[C@]1(C)CC(=O)[C@@]2(O)[C@]3(C)[C@H]([C@@H](O)[C@@H](OC(C)=O)[C@@]2(C)O1)C(C)(C)CC[C@@H]3O. The molecule has 1 saturated heterocycles. The van der Waals surface area contributed by atoms with E-state index in [-0.39, 0.29) is 6.42 Å². The molecule has 3 aliphatic rings. The van der Waals surface area contributed by atoms with Crippen molar-refractivity contribution in [3.05, 3.63) is 12.7 Å². The summed E-state index contributed by atoms with van der Waals surface area (Å²) in [6, 6.07) is 0. The lowest BCUT2D eigenvalue weighted by atomic mass is 9.40. The Hall–Kier alpha value is -1.28. The molecule has 0 amide bonds. The Morgan fingerprint density at radius 1 is 1.24 bits per heavy atom. The Kier molecular flexibility index (Phi) is 4.91. The summed E-state index contributed by atoms with van der Waals surface area (Å²) in [6.45, 7) is 13.6. The fourth-order valence-electron chi connectivity index (χ4n) is 6.66. The first-order chi connectivity index (χ1) is 13.1. The number of fused-ring (bicyclic) bond motifs is 3. The fraction of sp³-hybridized carbons (Fsp3) is 0.818. The molecule has 3 rings (SSSR count). The summed E-state index contributed by atoms with van der Waals surface area (Å²) in [6.07, 6.45) is -1.29. The van der Waals surface area contributed by atoms with Gasteiger partial charge in [0, 0.05) is 24.7 Å². The Labute approximate surface area is 172 Å². The van der Waals surface area contributed by atoms with E-state index < -0.39 is 63.6 Å². The molecular weight excluding hydrogens is 376 g/mol. The van der Waals surface area contributed by atoms with Crippen molar-refractivity contribution >= 4 is 11.8 Å². The van der Waals surface area contributed by atoms with E-state index in [0.29, 0.717) is 12.8 Å². The smallest absolute Gasteiger partial charge is 0.303 e. The van der Waals surface area contributed by atoms with E-state index in [9.17, 15) is 24.9 Å². The molecule has 1 aliphatic heterocycles. The minimum atomic E-state index is -2.18. The molecule has 2 saturated carbocycles. The maximum absolute atomic E-state index is 13.6. The van der Waals surface area contributed by atoms with Gasteiger partial charge in [0.1, 0.15) is 5.60 Å². The third-order valence-electron chi connectivity index (χ3n) is 8.02. The van der Waals surface area contributed by atoms with Crippen molar-refractivity contribution < 1.29 is 34.4 Å². The minimum absolute atomic E-state index is 0.138. The number of carbonyl (C=O) groups is 2. The molecule has 1 heterocycles. The van der Waals surface area contributed by atoms with Gasteiger partial charge in [-0.2, -0.15) is 0 Å². The first-order valence-corrected chi connectivity index (χ1v) is 10.2. The highest BCUT2D eigenvalue weighted by molar-refractivity contribution is 5.92. The van der Waals surface area contributed by atoms with E-state index in [2.05, 4.69) is 6.58 Å². The van der Waals surface area contributed by atoms with E-state index in [4.69, 9.17) is 9.47 Å². The third-order valence-corrected chi connectivity index (χ3v) is 8.02. The maximum Gasteiger partial charge on any atom is 0.303 e. The van der Waals surface area contributed by atoms with Crippen LogP contribution in [0, 0.1) is 16.7 Å². The van der Waals surface area contributed by atoms with E-state index >= 15 is 0 Å². The van der Waals surface area contributed by atoms with Crippen LogP contribution in [-0.2, 0) is 19.1 Å². The number of ketones is 1. The quantitative estimate of drug-likeness (QED) is 0.467. The highest BCUT2D eigenvalue weighted by Crippen LogP contribution is 2.66. The molecule has 164 valence electrons. The Morgan fingerprint density at radius 3 is 2.34 bits per heavy atom. The zero-order valence-electron chi connectivity index (χ0n) is 18.2. The topological polar surface area (TPSA) is 113 Å². The number of Topliss-reactive ketones (excluding diaryl/α,β-unsaturated/α-hetero) is 1. The van der Waals surface area contributed by atoms with Crippen LogP contribution < -0.4 is 0 Å². The second kappa shape index (κ2) is 6.36. The fourth-order valence-corrected chi connectivity index (χ4v) is 6.66. The zero-order chi connectivity index (χ0) is 22.2. The lowest BCUT2D eigenvalue weighted by Gasteiger charge is -2.71. The van der Waals surface area contributed by atoms with Crippen LogP contribution in [0.5, 0.6) is 0 Å². The summed E-state index contributed by atoms with van der Waals surface area (Å²) < 4.78 is 11.8. The van der Waals surface area contributed by atoms with Crippen molar-refractivity contribution in [1.82, 2.24) is 0 Å². The van der Waals surface area contributed by atoms with Gasteiger partial charge >= 0.3 is 5.97 Å². The molecule has 0 aromatic rings. The van der Waals surface area contributed by atoms with Crippen LogP contribution >= 0.6 is 0 Å². The van der Waals surface area contributed by atoms with Gasteiger partial charge in [-0.3, -0.25) is 9.59 Å². The van der Waals surface area contributed by atoms with Gasteiger partial charge in [-0.25, -0.2) is 0 Å². The first-order valence-electron chi connectivity index (χ1n) is 10.2. The van der Waals surface area contributed by atoms with Crippen LogP contribution in [0.4, 0.5) is 0 Å². The lowest BCUT2D eigenvalue weighted by molar-refractivity contribution is -0.370. The maximum atomic E-state index is 13.6. The molecule has 0 aromatic heterocycles. The van der Waals surface area contributed by atoms with E-state index in [1.165, 1.54) is 19.9 Å². The molecule has 3 N–H and O–H groups in total. The summed E-state index contributed by atoms with van der Waals surface area (Å²) in [7, 11) is 0. The monoisotopic (exact) mass is 410 g/mol. The number of aliphatic hydroxyl groups is 3. The van der Waals surface area contributed by atoms with Crippen molar-refractivity contribution in [3.63, 3.8) is 0 Å². The van der Waals surface area contributed by atoms with E-state index in [1.807, 2.05) is 13.8 Å². The second-order valence-electron chi connectivity index (χ2n) is 10.4. The Bertz CT molecular complexity index is 747. The van der Waals surface area contributed by atoms with Crippen LogP contribution in [0.1, 0.15) is 60.8 Å². The summed E-state index contributed by atoms with van der Waals surface area (Å²) in [5.41, 5.74) is -7.00. The number of hydrogen-bond donors (Lipinski definition) is 3. The van der Waals surface area contributed by atoms with Crippen LogP contribution in [0.15, 0.2) is 12.7 Å². The second-order valence-corrected chi connectivity index (χ2v) is 10.4. The average Bonchev–Trinajstić information content (AvgIpc) is 2.59. The van der Waals surface area contributed by atoms with Gasteiger partial charge in [0.15, 0.2) is 17.5 Å². The van der Waals surface area contributed by atoms with Crippen molar-refractivity contribution in [1.29, 1.82) is 0 Å². The predicted octanol–water partition coefficient (Wildman–Crippen LogP) is 1.52. The molecule has 29 heavy (non-hydrogen) atoms. The number of esters is 1. The molecule has 7 nitrogen and oxygen atoms in total. The Morgan fingerprint density at radius 2 is 1.83 bits per heavy atom. The molecule has 0 spiro atoms. The molecule has 7 heteroatoms. The first kappa shape index (κ1) is 22.4. The van der Waals surface area contributed by atoms with Gasteiger partial charge in [-0.15, -0.1) is 6.58 Å². The molecule has 2 aliphatic carbocycles. The third kappa shape index (κ3) is 2.63. The van der Waals surface area contributed by atoms with Crippen molar-refractivity contribution in [2.75, 3.05) is 0 Å². The summed E-state index contributed by atoms with van der Waals surface area (Å²) >= 11 is 0. The van der Waals surface area contributed by atoms with Gasteiger partial charge in [0.05, 0.1) is 17.8 Å².